The summed E-state index contributed by atoms with van der Waals surface area (Å²) >= 11 is 3.20. The van der Waals surface area contributed by atoms with Crippen molar-refractivity contribution >= 4 is 27.5 Å². The van der Waals surface area contributed by atoms with Crippen LogP contribution in [0.1, 0.15) is 15.9 Å². The second-order valence-electron chi connectivity index (χ2n) is 4.04. The minimum atomic E-state index is -1.61. The average molecular weight is 345 g/mol. The van der Waals surface area contributed by atoms with Gasteiger partial charge in [-0.05, 0) is 46.6 Å². The van der Waals surface area contributed by atoms with Gasteiger partial charge in [0, 0.05) is 5.56 Å². The predicted molar refractivity (Wildman–Crippen MR) is 70.9 cm³/mol. The third kappa shape index (κ3) is 2.98. The summed E-state index contributed by atoms with van der Waals surface area (Å²) in [4.78, 5) is 15.8. The summed E-state index contributed by atoms with van der Waals surface area (Å²) < 4.78 is 39.5. The highest BCUT2D eigenvalue weighted by Crippen LogP contribution is 2.18. The van der Waals surface area contributed by atoms with Crippen molar-refractivity contribution in [3.63, 3.8) is 0 Å². The number of hydrogen-bond donors (Lipinski definition) is 1. The van der Waals surface area contributed by atoms with Gasteiger partial charge in [0.1, 0.15) is 4.60 Å². The van der Waals surface area contributed by atoms with Crippen LogP contribution in [0, 0.1) is 24.4 Å². The molecule has 1 amide bonds. The van der Waals surface area contributed by atoms with Gasteiger partial charge in [-0.15, -0.1) is 0 Å². The van der Waals surface area contributed by atoms with Gasteiger partial charge in [-0.2, -0.15) is 0 Å². The molecule has 20 heavy (non-hydrogen) atoms. The molecule has 0 atom stereocenters. The molecule has 0 bridgehead atoms. The number of amides is 1. The molecule has 0 unspecified atom stereocenters. The zero-order valence-electron chi connectivity index (χ0n) is 10.2. The normalized spacial score (nSPS) is 10.4. The highest BCUT2D eigenvalue weighted by atomic mass is 79.9. The Balaban J connectivity index is 2.26. The second-order valence-corrected chi connectivity index (χ2v) is 4.79. The smallest absolute Gasteiger partial charge is 0.255 e. The molecule has 2 aromatic rings. The molecule has 1 N–H and O–H groups in total. The summed E-state index contributed by atoms with van der Waals surface area (Å²) in [6, 6.07) is 2.89. The van der Waals surface area contributed by atoms with E-state index in [4.69, 9.17) is 0 Å². The number of carbonyl (C=O) groups is 1. The van der Waals surface area contributed by atoms with Crippen molar-refractivity contribution in [2.24, 2.45) is 0 Å². The van der Waals surface area contributed by atoms with E-state index in [2.05, 4.69) is 26.2 Å². The van der Waals surface area contributed by atoms with Crippen molar-refractivity contribution in [1.82, 2.24) is 4.98 Å². The molecular weight excluding hydrogens is 337 g/mol. The molecule has 0 spiro atoms. The lowest BCUT2D eigenvalue weighted by molar-refractivity contribution is 0.102. The van der Waals surface area contributed by atoms with Crippen molar-refractivity contribution in [3.8, 4) is 0 Å². The molecule has 0 saturated heterocycles. The molecule has 0 aliphatic heterocycles. The summed E-state index contributed by atoms with van der Waals surface area (Å²) in [7, 11) is 0. The predicted octanol–water partition coefficient (Wildman–Crippen LogP) is 3.82. The molecule has 1 aromatic carbocycles. The van der Waals surface area contributed by atoms with Crippen LogP contribution in [0.15, 0.2) is 29.0 Å². The van der Waals surface area contributed by atoms with Crippen molar-refractivity contribution in [2.75, 3.05) is 5.32 Å². The molecule has 1 heterocycles. The van der Waals surface area contributed by atoms with Crippen molar-refractivity contribution < 1.29 is 18.0 Å². The van der Waals surface area contributed by atoms with Crippen molar-refractivity contribution in [2.45, 2.75) is 6.92 Å². The monoisotopic (exact) mass is 344 g/mol. The van der Waals surface area contributed by atoms with Gasteiger partial charge in [0.2, 0.25) is 0 Å². The number of hydrogen-bond acceptors (Lipinski definition) is 2. The van der Waals surface area contributed by atoms with Crippen LogP contribution in [0.25, 0.3) is 0 Å². The second kappa shape index (κ2) is 5.62. The summed E-state index contributed by atoms with van der Waals surface area (Å²) in [6.07, 6.45) is 1.38. The van der Waals surface area contributed by atoms with Gasteiger partial charge in [0.15, 0.2) is 17.5 Å². The molecule has 0 fully saturated rings. The van der Waals surface area contributed by atoms with E-state index in [0.717, 1.165) is 5.56 Å². The molecule has 1 aromatic heterocycles. The Labute approximate surface area is 121 Å². The number of pyridine rings is 1. The maximum Gasteiger partial charge on any atom is 0.255 e. The van der Waals surface area contributed by atoms with Gasteiger partial charge in [-0.3, -0.25) is 4.79 Å². The fourth-order valence-electron chi connectivity index (χ4n) is 1.52. The molecule has 0 saturated carbocycles. The van der Waals surface area contributed by atoms with Gasteiger partial charge >= 0.3 is 0 Å². The first kappa shape index (κ1) is 14.5. The third-order valence-corrected chi connectivity index (χ3v) is 3.35. The van der Waals surface area contributed by atoms with Crippen LogP contribution in [0.2, 0.25) is 0 Å². The van der Waals surface area contributed by atoms with E-state index in [0.29, 0.717) is 22.4 Å². The highest BCUT2D eigenvalue weighted by molar-refractivity contribution is 9.10. The summed E-state index contributed by atoms with van der Waals surface area (Å²) in [5.74, 6) is -5.20. The lowest BCUT2D eigenvalue weighted by Gasteiger charge is -2.07. The van der Waals surface area contributed by atoms with Crippen LogP contribution < -0.4 is 5.32 Å². The first-order chi connectivity index (χ1) is 9.38. The lowest BCUT2D eigenvalue weighted by Crippen LogP contribution is -2.13. The molecule has 2 rings (SSSR count). The molecule has 104 valence electrons. The van der Waals surface area contributed by atoms with Gasteiger partial charge in [0.25, 0.3) is 5.91 Å². The zero-order valence-corrected chi connectivity index (χ0v) is 11.8. The van der Waals surface area contributed by atoms with E-state index in [1.165, 1.54) is 6.20 Å². The number of anilines is 1. The third-order valence-electron chi connectivity index (χ3n) is 2.52. The van der Waals surface area contributed by atoms with E-state index >= 15 is 0 Å². The molecule has 0 radical (unpaired) electrons. The molecule has 0 aliphatic rings. The van der Waals surface area contributed by atoms with Crippen molar-refractivity contribution in [3.05, 3.63) is 57.6 Å². The summed E-state index contributed by atoms with van der Waals surface area (Å²) in [5, 5.41) is 2.42. The lowest BCUT2D eigenvalue weighted by atomic mass is 10.2. The molecule has 3 nitrogen and oxygen atoms in total. The highest BCUT2D eigenvalue weighted by Gasteiger charge is 2.15. The van der Waals surface area contributed by atoms with Gasteiger partial charge in [0.05, 0.1) is 11.9 Å². The number of aromatic nitrogens is 1. The van der Waals surface area contributed by atoms with Crippen LogP contribution in [-0.4, -0.2) is 10.9 Å². The Kier molecular flexibility index (Phi) is 4.08. The van der Waals surface area contributed by atoms with Gasteiger partial charge in [-0.25, -0.2) is 18.2 Å². The Morgan fingerprint density at radius 2 is 1.80 bits per heavy atom. The molecule has 7 heteroatoms. The Morgan fingerprint density at radius 1 is 1.20 bits per heavy atom. The number of rotatable bonds is 2. The topological polar surface area (TPSA) is 42.0 Å². The fraction of sp³-hybridized carbons (Fsp3) is 0.0769. The van der Waals surface area contributed by atoms with E-state index in [-0.39, 0.29) is 5.56 Å². The number of halogens is 4. The first-order valence-corrected chi connectivity index (χ1v) is 6.26. The Hall–Kier alpha value is -1.89. The average Bonchev–Trinajstić information content (AvgIpc) is 2.39. The Bertz CT molecular complexity index is 668. The number of benzene rings is 1. The SMILES string of the molecule is Cc1cc(NC(=O)c2cc(F)c(F)c(F)c2)cnc1Br. The van der Waals surface area contributed by atoms with E-state index in [1.54, 1.807) is 13.0 Å². The summed E-state index contributed by atoms with van der Waals surface area (Å²) in [5.41, 5.74) is 0.821. The van der Waals surface area contributed by atoms with Crippen LogP contribution in [0.4, 0.5) is 18.9 Å². The standard InChI is InChI=1S/C13H8BrF3N2O/c1-6-2-8(5-18-12(6)14)19-13(20)7-3-9(15)11(17)10(16)4-7/h2-5H,1H3,(H,19,20). The van der Waals surface area contributed by atoms with Crippen LogP contribution in [0.3, 0.4) is 0 Å². The van der Waals surface area contributed by atoms with Crippen LogP contribution in [-0.2, 0) is 0 Å². The maximum atomic E-state index is 13.0. The van der Waals surface area contributed by atoms with E-state index in [1.807, 2.05) is 0 Å². The largest absolute Gasteiger partial charge is 0.321 e. The van der Waals surface area contributed by atoms with Gasteiger partial charge in [-0.1, -0.05) is 0 Å². The summed E-state index contributed by atoms with van der Waals surface area (Å²) in [6.45, 7) is 1.77. The fourth-order valence-corrected chi connectivity index (χ4v) is 1.73. The quantitative estimate of drug-likeness (QED) is 0.664. The van der Waals surface area contributed by atoms with E-state index in [9.17, 15) is 18.0 Å². The number of nitrogens with zero attached hydrogens (tertiary/aromatic N) is 1. The van der Waals surface area contributed by atoms with E-state index < -0.39 is 23.4 Å². The zero-order chi connectivity index (χ0) is 14.9. The first-order valence-electron chi connectivity index (χ1n) is 5.46. The van der Waals surface area contributed by atoms with Crippen molar-refractivity contribution in [1.29, 1.82) is 0 Å². The van der Waals surface area contributed by atoms with Crippen LogP contribution >= 0.6 is 15.9 Å². The molecular formula is C13H8BrF3N2O. The minimum absolute atomic E-state index is 0.318. The number of nitrogens with one attached hydrogen (secondary N) is 1. The maximum absolute atomic E-state index is 13.0. The number of carbonyl (C=O) groups excluding carboxylic acids is 1. The minimum Gasteiger partial charge on any atom is -0.321 e. The van der Waals surface area contributed by atoms with Gasteiger partial charge < -0.3 is 5.32 Å². The Morgan fingerprint density at radius 3 is 2.35 bits per heavy atom. The molecule has 0 aliphatic carbocycles. The van der Waals surface area contributed by atoms with Crippen LogP contribution in [0.5, 0.6) is 0 Å². The number of aryl methyl sites for hydroxylation is 1.